The average Bonchev–Trinajstić information content (AvgIpc) is 2.01. The zero-order valence-corrected chi connectivity index (χ0v) is 7.80. The van der Waals surface area contributed by atoms with E-state index in [0.29, 0.717) is 0 Å². The van der Waals surface area contributed by atoms with Gasteiger partial charge in [0.25, 0.3) is 0 Å². The number of amides is 1. The summed E-state index contributed by atoms with van der Waals surface area (Å²) >= 11 is 0. The van der Waals surface area contributed by atoms with Crippen molar-refractivity contribution in [2.45, 2.75) is 19.1 Å². The Bertz CT molecular complexity index is 241. The number of rotatable bonds is 5. The maximum absolute atomic E-state index is 11.7. The van der Waals surface area contributed by atoms with Crippen molar-refractivity contribution in [3.8, 4) is 0 Å². The highest BCUT2D eigenvalue weighted by molar-refractivity contribution is 5.81. The van der Waals surface area contributed by atoms with Crippen LogP contribution in [0.15, 0.2) is 0 Å². The van der Waals surface area contributed by atoms with Crippen molar-refractivity contribution in [1.82, 2.24) is 5.32 Å². The van der Waals surface area contributed by atoms with Gasteiger partial charge in [0.15, 0.2) is 0 Å². The molecular formula is C7H10F3NO4. The van der Waals surface area contributed by atoms with E-state index in [9.17, 15) is 22.8 Å². The zero-order valence-electron chi connectivity index (χ0n) is 7.80. The minimum absolute atomic E-state index is 0.298. The van der Waals surface area contributed by atoms with Crippen LogP contribution in [-0.4, -0.2) is 42.4 Å². The molecule has 0 spiro atoms. The highest BCUT2D eigenvalue weighted by Gasteiger charge is 2.39. The number of carbonyl (C=O) groups excluding carboxylic acids is 1. The normalized spacial score (nSPS) is 13.3. The van der Waals surface area contributed by atoms with Gasteiger partial charge >= 0.3 is 18.1 Å². The van der Waals surface area contributed by atoms with Crippen LogP contribution in [-0.2, 0) is 14.3 Å². The monoisotopic (exact) mass is 229 g/mol. The van der Waals surface area contributed by atoms with Crippen molar-refractivity contribution in [1.29, 1.82) is 0 Å². The van der Waals surface area contributed by atoms with Gasteiger partial charge in [-0.3, -0.25) is 4.79 Å². The Morgan fingerprint density at radius 3 is 2.40 bits per heavy atom. The first-order valence-corrected chi connectivity index (χ1v) is 3.90. The summed E-state index contributed by atoms with van der Waals surface area (Å²) in [4.78, 5) is 20.3. The average molecular weight is 229 g/mol. The van der Waals surface area contributed by atoms with Crippen molar-refractivity contribution in [3.05, 3.63) is 0 Å². The van der Waals surface area contributed by atoms with Gasteiger partial charge in [-0.05, 0) is 6.92 Å². The molecule has 1 amide bonds. The van der Waals surface area contributed by atoms with Crippen molar-refractivity contribution >= 4 is 11.9 Å². The Hall–Kier alpha value is -1.31. The van der Waals surface area contributed by atoms with Gasteiger partial charge in [-0.1, -0.05) is 0 Å². The standard InChI is InChI=1S/C7H10F3NO4/c1-4(2-15-3-5(12)13)11-6(14)7(8,9)10/h4H,2-3H2,1H3,(H,11,14)(H,12,13). The van der Waals surface area contributed by atoms with Crippen LogP contribution in [0.3, 0.4) is 0 Å². The third kappa shape index (κ3) is 6.72. The van der Waals surface area contributed by atoms with Gasteiger partial charge in [0.05, 0.1) is 6.61 Å². The van der Waals surface area contributed by atoms with E-state index < -0.39 is 30.7 Å². The molecule has 0 rings (SSSR count). The highest BCUT2D eigenvalue weighted by Crippen LogP contribution is 2.14. The fraction of sp³-hybridized carbons (Fsp3) is 0.714. The number of carboxylic acids is 1. The van der Waals surface area contributed by atoms with Crippen LogP contribution < -0.4 is 5.32 Å². The Labute approximate surface area is 83.2 Å². The molecule has 0 heterocycles. The molecule has 0 fully saturated rings. The number of carbonyl (C=O) groups is 2. The third-order valence-corrected chi connectivity index (χ3v) is 1.23. The lowest BCUT2D eigenvalue weighted by atomic mass is 10.3. The first-order valence-electron chi connectivity index (χ1n) is 3.90. The van der Waals surface area contributed by atoms with Crippen LogP contribution in [0, 0.1) is 0 Å². The number of ether oxygens (including phenoxy) is 1. The van der Waals surface area contributed by atoms with Crippen LogP contribution >= 0.6 is 0 Å². The molecule has 0 aromatic carbocycles. The van der Waals surface area contributed by atoms with Crippen LogP contribution in [0.5, 0.6) is 0 Å². The van der Waals surface area contributed by atoms with E-state index in [1.165, 1.54) is 6.92 Å². The molecule has 0 bridgehead atoms. The molecule has 1 unspecified atom stereocenters. The predicted octanol–water partition coefficient (Wildman–Crippen LogP) is 0.155. The van der Waals surface area contributed by atoms with E-state index in [4.69, 9.17) is 5.11 Å². The molecule has 2 N–H and O–H groups in total. The molecule has 0 aromatic heterocycles. The molecule has 0 aliphatic rings. The van der Waals surface area contributed by atoms with Crippen molar-refractivity contribution in [2.75, 3.05) is 13.2 Å². The summed E-state index contributed by atoms with van der Waals surface area (Å²) in [5.74, 6) is -3.31. The number of hydrogen-bond acceptors (Lipinski definition) is 3. The zero-order chi connectivity index (χ0) is 12.1. The van der Waals surface area contributed by atoms with E-state index in [1.807, 2.05) is 0 Å². The van der Waals surface area contributed by atoms with E-state index in [2.05, 4.69) is 4.74 Å². The van der Waals surface area contributed by atoms with Crippen LogP contribution in [0.2, 0.25) is 0 Å². The second kappa shape index (κ2) is 5.54. The Morgan fingerprint density at radius 2 is 2.00 bits per heavy atom. The summed E-state index contributed by atoms with van der Waals surface area (Å²) in [6, 6.07) is -0.904. The maximum Gasteiger partial charge on any atom is 0.471 e. The third-order valence-electron chi connectivity index (χ3n) is 1.23. The second-order valence-corrected chi connectivity index (χ2v) is 2.78. The number of nitrogens with one attached hydrogen (secondary N) is 1. The molecule has 0 saturated carbocycles. The summed E-state index contributed by atoms with van der Waals surface area (Å²) in [7, 11) is 0. The first kappa shape index (κ1) is 13.7. The quantitative estimate of drug-likeness (QED) is 0.703. The largest absolute Gasteiger partial charge is 0.480 e. The van der Waals surface area contributed by atoms with Gasteiger partial charge < -0.3 is 15.2 Å². The summed E-state index contributed by atoms with van der Waals surface area (Å²) in [6.07, 6.45) is -4.94. The van der Waals surface area contributed by atoms with Crippen molar-refractivity contribution in [3.63, 3.8) is 0 Å². The molecule has 0 saturated heterocycles. The molecule has 5 nitrogen and oxygen atoms in total. The van der Waals surface area contributed by atoms with Crippen LogP contribution in [0.4, 0.5) is 13.2 Å². The minimum atomic E-state index is -4.94. The predicted molar refractivity (Wildman–Crippen MR) is 42.1 cm³/mol. The number of carboxylic acid groups (broad SMARTS) is 1. The van der Waals surface area contributed by atoms with E-state index in [0.717, 1.165) is 0 Å². The molecule has 0 aromatic rings. The number of alkyl halides is 3. The number of aliphatic carboxylic acids is 1. The van der Waals surface area contributed by atoms with E-state index in [1.54, 1.807) is 5.32 Å². The molecule has 15 heavy (non-hydrogen) atoms. The van der Waals surface area contributed by atoms with Gasteiger partial charge in [0.2, 0.25) is 0 Å². The van der Waals surface area contributed by atoms with Gasteiger partial charge in [-0.25, -0.2) is 4.79 Å². The minimum Gasteiger partial charge on any atom is -0.480 e. The SMILES string of the molecule is CC(COCC(=O)O)NC(=O)C(F)(F)F. The fourth-order valence-electron chi connectivity index (χ4n) is 0.670. The lowest BCUT2D eigenvalue weighted by Crippen LogP contribution is -2.43. The molecule has 8 heteroatoms. The van der Waals surface area contributed by atoms with Gasteiger partial charge in [0.1, 0.15) is 6.61 Å². The van der Waals surface area contributed by atoms with Gasteiger partial charge in [0, 0.05) is 6.04 Å². The topological polar surface area (TPSA) is 75.6 Å². The van der Waals surface area contributed by atoms with Crippen molar-refractivity contribution < 1.29 is 32.6 Å². The molecule has 1 atom stereocenters. The Morgan fingerprint density at radius 1 is 1.47 bits per heavy atom. The second-order valence-electron chi connectivity index (χ2n) is 2.78. The van der Waals surface area contributed by atoms with E-state index >= 15 is 0 Å². The van der Waals surface area contributed by atoms with Crippen molar-refractivity contribution in [2.24, 2.45) is 0 Å². The summed E-state index contributed by atoms with van der Waals surface area (Å²) < 4.78 is 39.6. The molecule has 0 aliphatic carbocycles. The lowest BCUT2D eigenvalue weighted by Gasteiger charge is -2.14. The lowest BCUT2D eigenvalue weighted by molar-refractivity contribution is -0.174. The number of hydrogen-bond donors (Lipinski definition) is 2. The first-order chi connectivity index (χ1) is 6.73. The maximum atomic E-state index is 11.7. The van der Waals surface area contributed by atoms with Gasteiger partial charge in [-0.15, -0.1) is 0 Å². The fourth-order valence-corrected chi connectivity index (χ4v) is 0.670. The molecular weight excluding hydrogens is 219 g/mol. The molecule has 0 radical (unpaired) electrons. The number of halogens is 3. The molecule has 0 aliphatic heterocycles. The smallest absolute Gasteiger partial charge is 0.471 e. The van der Waals surface area contributed by atoms with E-state index in [-0.39, 0.29) is 6.61 Å². The summed E-state index contributed by atoms with van der Waals surface area (Å²) in [5.41, 5.74) is 0. The van der Waals surface area contributed by atoms with Crippen LogP contribution in [0.1, 0.15) is 6.92 Å². The Kier molecular flexibility index (Phi) is 5.06. The highest BCUT2D eigenvalue weighted by atomic mass is 19.4. The summed E-state index contributed by atoms with van der Waals surface area (Å²) in [5, 5.41) is 9.76. The van der Waals surface area contributed by atoms with Gasteiger partial charge in [-0.2, -0.15) is 13.2 Å². The molecule has 88 valence electrons. The Balaban J connectivity index is 3.79. The van der Waals surface area contributed by atoms with Crippen LogP contribution in [0.25, 0.3) is 0 Å². The summed E-state index contributed by atoms with van der Waals surface area (Å²) in [6.45, 7) is 0.353.